The standard InChI is InChI=1S/C16H29N3/c1-4-13-5-6-15(10-17)16(9-13)19(3)12-14-7-8-18(2)11-14/h13-16H,4-9,11-12H2,1-3H3. The van der Waals surface area contributed by atoms with Crippen LogP contribution in [0.5, 0.6) is 0 Å². The molecule has 1 heterocycles. The van der Waals surface area contributed by atoms with Crippen LogP contribution in [0.4, 0.5) is 0 Å². The maximum Gasteiger partial charge on any atom is 0.0672 e. The average molecular weight is 263 g/mol. The Morgan fingerprint density at radius 2 is 2.05 bits per heavy atom. The molecule has 3 heteroatoms. The van der Waals surface area contributed by atoms with Crippen molar-refractivity contribution in [2.24, 2.45) is 17.8 Å². The third-order valence-corrected chi connectivity index (χ3v) is 5.27. The van der Waals surface area contributed by atoms with E-state index in [-0.39, 0.29) is 5.92 Å². The van der Waals surface area contributed by atoms with Crippen molar-refractivity contribution in [1.29, 1.82) is 5.26 Å². The van der Waals surface area contributed by atoms with Gasteiger partial charge in [0.05, 0.1) is 12.0 Å². The second kappa shape index (κ2) is 6.72. The lowest BCUT2D eigenvalue weighted by Crippen LogP contribution is -2.44. The van der Waals surface area contributed by atoms with Crippen molar-refractivity contribution >= 4 is 0 Å². The van der Waals surface area contributed by atoms with E-state index in [1.807, 2.05) is 0 Å². The molecule has 4 atom stereocenters. The van der Waals surface area contributed by atoms with E-state index in [0.29, 0.717) is 6.04 Å². The molecule has 2 rings (SSSR count). The van der Waals surface area contributed by atoms with Gasteiger partial charge in [-0.05, 0) is 58.2 Å². The van der Waals surface area contributed by atoms with E-state index in [1.165, 1.54) is 45.3 Å². The molecule has 1 aliphatic heterocycles. The van der Waals surface area contributed by atoms with E-state index in [1.54, 1.807) is 0 Å². The molecule has 0 aromatic carbocycles. The first-order valence-corrected chi connectivity index (χ1v) is 7.92. The zero-order chi connectivity index (χ0) is 13.8. The van der Waals surface area contributed by atoms with Gasteiger partial charge in [-0.25, -0.2) is 0 Å². The van der Waals surface area contributed by atoms with Crippen LogP contribution in [0.1, 0.15) is 39.0 Å². The summed E-state index contributed by atoms with van der Waals surface area (Å²) in [6, 6.07) is 3.06. The Hall–Kier alpha value is -0.590. The number of likely N-dealkylation sites (tertiary alicyclic amines) is 1. The molecule has 0 aromatic rings. The van der Waals surface area contributed by atoms with Gasteiger partial charge in [-0.3, -0.25) is 0 Å². The molecule has 1 saturated heterocycles. The van der Waals surface area contributed by atoms with Crippen LogP contribution in [0, 0.1) is 29.1 Å². The number of nitriles is 1. The summed E-state index contributed by atoms with van der Waals surface area (Å²) < 4.78 is 0. The Morgan fingerprint density at radius 3 is 2.63 bits per heavy atom. The molecule has 0 amide bonds. The van der Waals surface area contributed by atoms with Crippen LogP contribution in [0.25, 0.3) is 0 Å². The molecular weight excluding hydrogens is 234 g/mol. The van der Waals surface area contributed by atoms with Crippen molar-refractivity contribution in [3.8, 4) is 6.07 Å². The molecule has 0 N–H and O–H groups in total. The molecule has 2 aliphatic rings. The Kier molecular flexibility index (Phi) is 5.24. The summed E-state index contributed by atoms with van der Waals surface area (Å²) in [4.78, 5) is 4.93. The summed E-state index contributed by atoms with van der Waals surface area (Å²) in [5.74, 6) is 1.89. The Bertz CT molecular complexity index is 322. The summed E-state index contributed by atoms with van der Waals surface area (Å²) in [6.45, 7) is 5.93. The quantitative estimate of drug-likeness (QED) is 0.781. The van der Waals surface area contributed by atoms with Crippen LogP contribution >= 0.6 is 0 Å². The first kappa shape index (κ1) is 14.8. The van der Waals surface area contributed by atoms with E-state index in [2.05, 4.69) is 36.9 Å². The number of nitrogens with zero attached hydrogens (tertiary/aromatic N) is 3. The fourth-order valence-corrected chi connectivity index (χ4v) is 3.96. The Labute approximate surface area is 118 Å². The van der Waals surface area contributed by atoms with Gasteiger partial charge in [0, 0.05) is 19.1 Å². The van der Waals surface area contributed by atoms with Crippen molar-refractivity contribution in [3.63, 3.8) is 0 Å². The highest BCUT2D eigenvalue weighted by Crippen LogP contribution is 2.34. The van der Waals surface area contributed by atoms with Crippen LogP contribution in [-0.4, -0.2) is 49.6 Å². The molecule has 0 radical (unpaired) electrons. The van der Waals surface area contributed by atoms with Gasteiger partial charge in [-0.15, -0.1) is 0 Å². The van der Waals surface area contributed by atoms with Crippen molar-refractivity contribution in [2.75, 3.05) is 33.7 Å². The summed E-state index contributed by atoms with van der Waals surface area (Å²) in [6.07, 6.45) is 6.18. The molecule has 1 saturated carbocycles. The molecule has 108 valence electrons. The Morgan fingerprint density at radius 1 is 1.26 bits per heavy atom. The molecule has 19 heavy (non-hydrogen) atoms. The monoisotopic (exact) mass is 263 g/mol. The first-order chi connectivity index (χ1) is 9.13. The lowest BCUT2D eigenvalue weighted by Gasteiger charge is -2.39. The second-order valence-corrected chi connectivity index (χ2v) is 6.75. The highest BCUT2D eigenvalue weighted by Gasteiger charge is 2.33. The van der Waals surface area contributed by atoms with E-state index in [0.717, 1.165) is 18.3 Å². The number of hydrogen-bond acceptors (Lipinski definition) is 3. The van der Waals surface area contributed by atoms with E-state index < -0.39 is 0 Å². The smallest absolute Gasteiger partial charge is 0.0672 e. The minimum Gasteiger partial charge on any atom is -0.306 e. The van der Waals surface area contributed by atoms with E-state index in [4.69, 9.17) is 0 Å². The Balaban J connectivity index is 1.91. The molecule has 4 unspecified atom stereocenters. The molecule has 1 aliphatic carbocycles. The normalized spacial score (nSPS) is 36.6. The van der Waals surface area contributed by atoms with Crippen LogP contribution in [0.2, 0.25) is 0 Å². The largest absolute Gasteiger partial charge is 0.306 e. The van der Waals surface area contributed by atoms with Crippen LogP contribution in [0.3, 0.4) is 0 Å². The van der Waals surface area contributed by atoms with Gasteiger partial charge < -0.3 is 9.80 Å². The summed E-state index contributed by atoms with van der Waals surface area (Å²) in [5, 5.41) is 9.39. The van der Waals surface area contributed by atoms with Gasteiger partial charge in [0.25, 0.3) is 0 Å². The molecule has 0 spiro atoms. The minimum absolute atomic E-state index is 0.256. The fourth-order valence-electron chi connectivity index (χ4n) is 3.96. The van der Waals surface area contributed by atoms with Crippen molar-refractivity contribution in [3.05, 3.63) is 0 Å². The molecule has 3 nitrogen and oxygen atoms in total. The maximum atomic E-state index is 9.39. The topological polar surface area (TPSA) is 30.3 Å². The number of rotatable bonds is 4. The predicted octanol–water partition coefficient (Wildman–Crippen LogP) is 2.59. The summed E-state index contributed by atoms with van der Waals surface area (Å²) in [5.41, 5.74) is 0. The number of hydrogen-bond donors (Lipinski definition) is 0. The van der Waals surface area contributed by atoms with Gasteiger partial charge in [0.2, 0.25) is 0 Å². The minimum atomic E-state index is 0.256. The third kappa shape index (κ3) is 3.70. The van der Waals surface area contributed by atoms with E-state index in [9.17, 15) is 5.26 Å². The second-order valence-electron chi connectivity index (χ2n) is 6.75. The molecular formula is C16H29N3. The van der Waals surface area contributed by atoms with Crippen molar-refractivity contribution in [2.45, 2.75) is 45.1 Å². The van der Waals surface area contributed by atoms with E-state index >= 15 is 0 Å². The summed E-state index contributed by atoms with van der Waals surface area (Å²) >= 11 is 0. The third-order valence-electron chi connectivity index (χ3n) is 5.27. The van der Waals surface area contributed by atoms with Gasteiger partial charge in [-0.2, -0.15) is 5.26 Å². The van der Waals surface area contributed by atoms with Crippen molar-refractivity contribution < 1.29 is 0 Å². The highest BCUT2D eigenvalue weighted by molar-refractivity contribution is 4.97. The molecule has 0 aromatic heterocycles. The zero-order valence-electron chi connectivity index (χ0n) is 12.8. The summed E-state index contributed by atoms with van der Waals surface area (Å²) in [7, 11) is 4.46. The maximum absolute atomic E-state index is 9.39. The highest BCUT2D eigenvalue weighted by atomic mass is 15.2. The van der Waals surface area contributed by atoms with Gasteiger partial charge in [-0.1, -0.05) is 13.3 Å². The van der Waals surface area contributed by atoms with Gasteiger partial charge in [0.1, 0.15) is 0 Å². The van der Waals surface area contributed by atoms with Crippen LogP contribution in [-0.2, 0) is 0 Å². The average Bonchev–Trinajstić information content (AvgIpc) is 2.83. The predicted molar refractivity (Wildman–Crippen MR) is 78.8 cm³/mol. The van der Waals surface area contributed by atoms with Gasteiger partial charge >= 0.3 is 0 Å². The SMILES string of the molecule is CCC1CCC(C#N)C(N(C)CC2CCN(C)C2)C1. The fraction of sp³-hybridized carbons (Fsp3) is 0.938. The van der Waals surface area contributed by atoms with Crippen LogP contribution in [0.15, 0.2) is 0 Å². The lowest BCUT2D eigenvalue weighted by atomic mass is 9.77. The lowest BCUT2D eigenvalue weighted by molar-refractivity contribution is 0.109. The molecule has 0 bridgehead atoms. The van der Waals surface area contributed by atoms with Crippen molar-refractivity contribution in [1.82, 2.24) is 9.80 Å². The molecule has 2 fully saturated rings. The zero-order valence-corrected chi connectivity index (χ0v) is 12.8. The van der Waals surface area contributed by atoms with Gasteiger partial charge in [0.15, 0.2) is 0 Å². The first-order valence-electron chi connectivity index (χ1n) is 7.92. The van der Waals surface area contributed by atoms with Crippen LogP contribution < -0.4 is 0 Å².